The van der Waals surface area contributed by atoms with Crippen LogP contribution in [-0.4, -0.2) is 48.8 Å². The van der Waals surface area contributed by atoms with Crippen LogP contribution in [0.1, 0.15) is 59.8 Å². The Bertz CT molecular complexity index is 838. The van der Waals surface area contributed by atoms with E-state index in [9.17, 15) is 19.2 Å². The Morgan fingerprint density at radius 2 is 1.52 bits per heavy atom. The van der Waals surface area contributed by atoms with Gasteiger partial charge in [0.25, 0.3) is 0 Å². The van der Waals surface area contributed by atoms with Crippen LogP contribution in [-0.2, 0) is 38.1 Å². The summed E-state index contributed by atoms with van der Waals surface area (Å²) in [4.78, 5) is 47.9. The highest BCUT2D eigenvalue weighted by Crippen LogP contribution is 2.60. The fourth-order valence-electron chi connectivity index (χ4n) is 5.80. The second-order valence-electron chi connectivity index (χ2n) is 10.0. The molecule has 182 valence electrons. The zero-order valence-corrected chi connectivity index (χ0v) is 19.9. The van der Waals surface area contributed by atoms with Crippen LogP contribution in [0.15, 0.2) is 23.8 Å². The van der Waals surface area contributed by atoms with E-state index in [0.717, 1.165) is 32.1 Å². The van der Waals surface area contributed by atoms with Gasteiger partial charge in [-0.3, -0.25) is 0 Å². The summed E-state index contributed by atoms with van der Waals surface area (Å²) in [6.45, 7) is 9.37. The third-order valence-electron chi connectivity index (χ3n) is 6.74. The summed E-state index contributed by atoms with van der Waals surface area (Å²) in [6.07, 6.45) is 6.05. The van der Waals surface area contributed by atoms with E-state index in [1.807, 2.05) is 6.08 Å². The Morgan fingerprint density at radius 3 is 2.09 bits per heavy atom. The van der Waals surface area contributed by atoms with E-state index in [4.69, 9.17) is 18.9 Å². The summed E-state index contributed by atoms with van der Waals surface area (Å²) in [5, 5.41) is 0. The first-order valence-electron chi connectivity index (χ1n) is 11.6. The van der Waals surface area contributed by atoms with Gasteiger partial charge in [0, 0.05) is 11.1 Å². The van der Waals surface area contributed by atoms with Crippen molar-refractivity contribution in [2.75, 3.05) is 13.2 Å². The minimum Gasteiger partial charge on any atom is -0.460 e. The Morgan fingerprint density at radius 1 is 0.939 bits per heavy atom. The number of carbonyl (C=O) groups excluding carboxylic acids is 4. The van der Waals surface area contributed by atoms with Gasteiger partial charge in [-0.1, -0.05) is 12.7 Å². The fraction of sp³-hybridized carbons (Fsp3) is 0.680. The normalized spacial score (nSPS) is 30.0. The molecule has 8 heteroatoms. The van der Waals surface area contributed by atoms with E-state index in [0.29, 0.717) is 23.3 Å². The van der Waals surface area contributed by atoms with E-state index in [2.05, 4.69) is 6.58 Å². The minimum atomic E-state index is -0.609. The van der Waals surface area contributed by atoms with E-state index in [-0.39, 0.29) is 17.6 Å². The number of hydrogen-bond acceptors (Lipinski definition) is 8. The quantitative estimate of drug-likeness (QED) is 0.292. The molecule has 4 rings (SSSR count). The van der Waals surface area contributed by atoms with Crippen molar-refractivity contribution < 1.29 is 38.1 Å². The minimum absolute atomic E-state index is 0.199. The molecular formula is C25H34O8. The van der Waals surface area contributed by atoms with Gasteiger partial charge >= 0.3 is 23.9 Å². The molecule has 4 saturated carbocycles. The van der Waals surface area contributed by atoms with Crippen molar-refractivity contribution in [1.29, 1.82) is 0 Å². The van der Waals surface area contributed by atoms with Crippen molar-refractivity contribution in [2.24, 2.45) is 23.7 Å². The van der Waals surface area contributed by atoms with Crippen LogP contribution < -0.4 is 0 Å². The predicted octanol–water partition coefficient (Wildman–Crippen LogP) is 3.28. The summed E-state index contributed by atoms with van der Waals surface area (Å²) in [7, 11) is 0. The highest BCUT2D eigenvalue weighted by Gasteiger charge is 2.56. The van der Waals surface area contributed by atoms with E-state index in [1.54, 1.807) is 20.8 Å². The molecule has 33 heavy (non-hydrogen) atoms. The molecule has 4 bridgehead atoms. The molecule has 0 spiro atoms. The maximum Gasteiger partial charge on any atom is 0.344 e. The Labute approximate surface area is 194 Å². The standard InChI is InChI=1S/C25H34O8/c1-14(2)23(28)30-13-22(27)33-25-9-17-7-18(10-25)20(19(8-17)11-25)6-16(5)24(29)31-12-21(26)32-15(3)4/h6,15,17-20H,1,7-13H2,2-5H3/b16-6+. The molecule has 0 aliphatic heterocycles. The molecule has 0 N–H and O–H groups in total. The highest BCUT2D eigenvalue weighted by molar-refractivity contribution is 5.89. The summed E-state index contributed by atoms with van der Waals surface area (Å²) in [5.41, 5.74) is 0.184. The van der Waals surface area contributed by atoms with Crippen LogP contribution in [0.3, 0.4) is 0 Å². The Hall–Kier alpha value is -2.64. The van der Waals surface area contributed by atoms with Crippen molar-refractivity contribution in [3.8, 4) is 0 Å². The largest absolute Gasteiger partial charge is 0.460 e. The molecular weight excluding hydrogens is 428 g/mol. The maximum atomic E-state index is 12.4. The van der Waals surface area contributed by atoms with Crippen LogP contribution in [0.4, 0.5) is 0 Å². The fourth-order valence-corrected chi connectivity index (χ4v) is 5.80. The van der Waals surface area contributed by atoms with Gasteiger partial charge in [0.15, 0.2) is 13.2 Å². The predicted molar refractivity (Wildman–Crippen MR) is 118 cm³/mol. The lowest BCUT2D eigenvalue weighted by Gasteiger charge is -2.58. The first-order chi connectivity index (χ1) is 15.5. The average Bonchev–Trinajstić information content (AvgIpc) is 2.71. The third-order valence-corrected chi connectivity index (χ3v) is 6.74. The van der Waals surface area contributed by atoms with Crippen LogP contribution in [0.2, 0.25) is 0 Å². The molecule has 0 saturated heterocycles. The van der Waals surface area contributed by atoms with Crippen molar-refractivity contribution in [3.63, 3.8) is 0 Å². The molecule has 0 aromatic rings. The second kappa shape index (κ2) is 10.1. The zero-order valence-electron chi connectivity index (χ0n) is 19.9. The summed E-state index contributed by atoms with van der Waals surface area (Å²) in [5.74, 6) is -0.954. The highest BCUT2D eigenvalue weighted by atomic mass is 16.6. The number of allylic oxidation sites excluding steroid dienone is 1. The van der Waals surface area contributed by atoms with Crippen LogP contribution in [0.25, 0.3) is 0 Å². The first-order valence-corrected chi connectivity index (χ1v) is 11.6. The molecule has 0 aromatic carbocycles. The molecule has 2 unspecified atom stereocenters. The van der Waals surface area contributed by atoms with Gasteiger partial charge in [-0.25, -0.2) is 19.2 Å². The molecule has 4 fully saturated rings. The maximum absolute atomic E-state index is 12.4. The summed E-state index contributed by atoms with van der Waals surface area (Å²) >= 11 is 0. The Kier molecular flexibility index (Phi) is 7.65. The number of rotatable bonds is 9. The van der Waals surface area contributed by atoms with Gasteiger partial charge in [-0.2, -0.15) is 0 Å². The van der Waals surface area contributed by atoms with Crippen LogP contribution in [0, 0.1) is 23.7 Å². The number of esters is 4. The number of ether oxygens (including phenoxy) is 4. The molecule has 4 aliphatic carbocycles. The van der Waals surface area contributed by atoms with Crippen molar-refractivity contribution in [1.82, 2.24) is 0 Å². The summed E-state index contributed by atoms with van der Waals surface area (Å²) in [6, 6.07) is 0. The van der Waals surface area contributed by atoms with Gasteiger partial charge in [0.05, 0.1) is 6.10 Å². The molecule has 4 aliphatic rings. The van der Waals surface area contributed by atoms with Gasteiger partial charge in [-0.15, -0.1) is 0 Å². The molecule has 0 heterocycles. The topological polar surface area (TPSA) is 105 Å². The monoisotopic (exact) mass is 462 g/mol. The van der Waals surface area contributed by atoms with Crippen molar-refractivity contribution in [3.05, 3.63) is 23.8 Å². The molecule has 0 aromatic heterocycles. The number of hydrogen-bond donors (Lipinski definition) is 0. The molecule has 2 atom stereocenters. The number of carbonyl (C=O) groups is 4. The van der Waals surface area contributed by atoms with Crippen molar-refractivity contribution >= 4 is 23.9 Å². The lowest BCUT2D eigenvalue weighted by atomic mass is 9.50. The van der Waals surface area contributed by atoms with Gasteiger partial charge in [-0.05, 0) is 83.5 Å². The van der Waals surface area contributed by atoms with Crippen LogP contribution in [0.5, 0.6) is 0 Å². The molecule has 0 amide bonds. The van der Waals surface area contributed by atoms with Gasteiger partial charge < -0.3 is 18.9 Å². The summed E-state index contributed by atoms with van der Waals surface area (Å²) < 4.78 is 20.9. The second-order valence-corrected chi connectivity index (χ2v) is 10.0. The third kappa shape index (κ3) is 6.24. The molecule has 0 radical (unpaired) electrons. The average molecular weight is 463 g/mol. The zero-order chi connectivity index (χ0) is 24.3. The SMILES string of the molecule is C=C(C)C(=O)OCC(=O)OC12CC3CC(C1)C(/C=C(\C)C(=O)OCC(=O)OC(C)C)C(C3)C2. The van der Waals surface area contributed by atoms with Crippen LogP contribution >= 0.6 is 0 Å². The smallest absolute Gasteiger partial charge is 0.344 e. The van der Waals surface area contributed by atoms with E-state index < -0.39 is 42.7 Å². The first kappa shape index (κ1) is 25.0. The molecule has 8 nitrogen and oxygen atoms in total. The van der Waals surface area contributed by atoms with E-state index >= 15 is 0 Å². The van der Waals surface area contributed by atoms with Gasteiger partial charge in [0.2, 0.25) is 0 Å². The van der Waals surface area contributed by atoms with Crippen molar-refractivity contribution in [2.45, 2.75) is 71.5 Å². The van der Waals surface area contributed by atoms with E-state index in [1.165, 1.54) is 6.92 Å². The van der Waals surface area contributed by atoms with Gasteiger partial charge in [0.1, 0.15) is 5.60 Å². The lowest BCUT2D eigenvalue weighted by Crippen LogP contribution is -2.56. The lowest BCUT2D eigenvalue weighted by molar-refractivity contribution is -0.197. The Balaban J connectivity index is 1.58.